The second-order valence-corrected chi connectivity index (χ2v) is 3.97. The van der Waals surface area contributed by atoms with E-state index in [4.69, 9.17) is 5.73 Å². The van der Waals surface area contributed by atoms with Gasteiger partial charge in [0.05, 0.1) is 12.1 Å². The molecule has 0 bridgehead atoms. The van der Waals surface area contributed by atoms with E-state index in [9.17, 15) is 18.3 Å². The number of hydrogen-bond acceptors (Lipinski definition) is 3. The van der Waals surface area contributed by atoms with Crippen LogP contribution in [0.2, 0.25) is 0 Å². The van der Waals surface area contributed by atoms with Crippen molar-refractivity contribution >= 4 is 0 Å². The summed E-state index contributed by atoms with van der Waals surface area (Å²) in [5, 5.41) is 9.73. The van der Waals surface area contributed by atoms with Crippen molar-refractivity contribution in [3.05, 3.63) is 29.8 Å². The Morgan fingerprint density at radius 1 is 1.33 bits per heavy atom. The van der Waals surface area contributed by atoms with Crippen LogP contribution in [0.3, 0.4) is 0 Å². The van der Waals surface area contributed by atoms with Gasteiger partial charge in [0.15, 0.2) is 0 Å². The smallest absolute Gasteiger partial charge is 0.405 e. The number of aliphatic hydroxyl groups excluding tert-OH is 1. The molecule has 0 saturated carbocycles. The highest BCUT2D eigenvalue weighted by Gasteiger charge is 2.33. The first-order chi connectivity index (χ1) is 8.35. The van der Waals surface area contributed by atoms with E-state index in [-0.39, 0.29) is 11.3 Å². The number of alkyl halides is 3. The van der Waals surface area contributed by atoms with Crippen LogP contribution in [-0.4, -0.2) is 17.6 Å². The standard InChI is InChI=1S/C12H16F3NO2/c1-2-5-9(17)11(16)8-6-3-4-7-10(8)18-12(13,14)15/h3-4,6-7,9,11,17H,2,5,16H2,1H3/t9-,11+/m1/s1. The van der Waals surface area contributed by atoms with Crippen molar-refractivity contribution in [2.45, 2.75) is 38.3 Å². The van der Waals surface area contributed by atoms with E-state index < -0.39 is 18.5 Å². The lowest BCUT2D eigenvalue weighted by molar-refractivity contribution is -0.275. The Labute approximate surface area is 103 Å². The SMILES string of the molecule is CCC[C@@H](O)[C@@H](N)c1ccccc1OC(F)(F)F. The van der Waals surface area contributed by atoms with Gasteiger partial charge in [0.1, 0.15) is 5.75 Å². The molecule has 0 aliphatic rings. The molecule has 0 radical (unpaired) electrons. The summed E-state index contributed by atoms with van der Waals surface area (Å²) < 4.78 is 40.5. The summed E-state index contributed by atoms with van der Waals surface area (Å²) in [6.45, 7) is 1.86. The van der Waals surface area contributed by atoms with Crippen molar-refractivity contribution in [2.24, 2.45) is 5.73 Å². The van der Waals surface area contributed by atoms with Crippen LogP contribution < -0.4 is 10.5 Å². The number of halogens is 3. The minimum atomic E-state index is -4.77. The third kappa shape index (κ3) is 4.19. The lowest BCUT2D eigenvalue weighted by atomic mass is 9.98. The van der Waals surface area contributed by atoms with Crippen LogP contribution in [-0.2, 0) is 0 Å². The number of hydrogen-bond donors (Lipinski definition) is 2. The molecule has 1 aromatic carbocycles. The fourth-order valence-electron chi connectivity index (χ4n) is 1.66. The number of ether oxygens (including phenoxy) is 1. The Bertz CT molecular complexity index is 382. The average molecular weight is 263 g/mol. The first kappa shape index (κ1) is 14.8. The summed E-state index contributed by atoms with van der Waals surface area (Å²) >= 11 is 0. The molecule has 0 fully saturated rings. The van der Waals surface area contributed by atoms with Crippen LogP contribution in [0.15, 0.2) is 24.3 Å². The molecule has 1 rings (SSSR count). The molecule has 6 heteroatoms. The number of para-hydroxylation sites is 1. The van der Waals surface area contributed by atoms with Gasteiger partial charge in [-0.25, -0.2) is 0 Å². The highest BCUT2D eigenvalue weighted by atomic mass is 19.4. The normalized spacial score (nSPS) is 15.2. The van der Waals surface area contributed by atoms with Gasteiger partial charge in [-0.05, 0) is 12.5 Å². The molecule has 0 heterocycles. The molecule has 0 unspecified atom stereocenters. The molecule has 0 saturated heterocycles. The maximum atomic E-state index is 12.2. The fourth-order valence-corrected chi connectivity index (χ4v) is 1.66. The van der Waals surface area contributed by atoms with Crippen molar-refractivity contribution in [2.75, 3.05) is 0 Å². The van der Waals surface area contributed by atoms with Crippen molar-refractivity contribution in [1.82, 2.24) is 0 Å². The highest BCUT2D eigenvalue weighted by molar-refractivity contribution is 5.36. The molecular formula is C12H16F3NO2. The van der Waals surface area contributed by atoms with Crippen molar-refractivity contribution in [1.29, 1.82) is 0 Å². The third-order valence-electron chi connectivity index (χ3n) is 2.50. The number of aliphatic hydroxyl groups is 1. The van der Waals surface area contributed by atoms with Gasteiger partial charge < -0.3 is 15.6 Å². The van der Waals surface area contributed by atoms with Crippen molar-refractivity contribution < 1.29 is 23.0 Å². The monoisotopic (exact) mass is 263 g/mol. The van der Waals surface area contributed by atoms with Gasteiger partial charge in [0.25, 0.3) is 0 Å². The molecular weight excluding hydrogens is 247 g/mol. The van der Waals surface area contributed by atoms with E-state index in [0.717, 1.165) is 0 Å². The van der Waals surface area contributed by atoms with Gasteiger partial charge in [0, 0.05) is 5.56 Å². The fraction of sp³-hybridized carbons (Fsp3) is 0.500. The van der Waals surface area contributed by atoms with E-state index in [0.29, 0.717) is 12.8 Å². The molecule has 0 aliphatic heterocycles. The summed E-state index contributed by atoms with van der Waals surface area (Å²) in [5.41, 5.74) is 5.90. The summed E-state index contributed by atoms with van der Waals surface area (Å²) in [7, 11) is 0. The van der Waals surface area contributed by atoms with Crippen LogP contribution >= 0.6 is 0 Å². The molecule has 3 nitrogen and oxygen atoms in total. The van der Waals surface area contributed by atoms with E-state index in [1.807, 2.05) is 6.92 Å². The zero-order valence-corrected chi connectivity index (χ0v) is 9.95. The summed E-state index contributed by atoms with van der Waals surface area (Å²) in [4.78, 5) is 0. The molecule has 18 heavy (non-hydrogen) atoms. The van der Waals surface area contributed by atoms with Crippen LogP contribution in [0.5, 0.6) is 5.75 Å². The second kappa shape index (κ2) is 6.06. The first-order valence-electron chi connectivity index (χ1n) is 5.63. The Morgan fingerprint density at radius 2 is 1.94 bits per heavy atom. The van der Waals surface area contributed by atoms with Crippen molar-refractivity contribution in [3.8, 4) is 5.75 Å². The maximum absolute atomic E-state index is 12.2. The maximum Gasteiger partial charge on any atom is 0.573 e. The van der Waals surface area contributed by atoms with Gasteiger partial charge in [-0.3, -0.25) is 0 Å². The Hall–Kier alpha value is -1.27. The number of rotatable bonds is 5. The second-order valence-electron chi connectivity index (χ2n) is 3.97. The Balaban J connectivity index is 2.94. The first-order valence-corrected chi connectivity index (χ1v) is 5.63. The van der Waals surface area contributed by atoms with Gasteiger partial charge >= 0.3 is 6.36 Å². The zero-order valence-electron chi connectivity index (χ0n) is 9.95. The van der Waals surface area contributed by atoms with Gasteiger partial charge in [-0.15, -0.1) is 13.2 Å². The van der Waals surface area contributed by atoms with E-state index in [1.54, 1.807) is 6.07 Å². The van der Waals surface area contributed by atoms with Gasteiger partial charge in [0.2, 0.25) is 0 Å². The predicted octanol–water partition coefficient (Wildman–Crippen LogP) is 2.75. The summed E-state index contributed by atoms with van der Waals surface area (Å²) in [6.07, 6.45) is -4.56. The van der Waals surface area contributed by atoms with Crippen LogP contribution in [0.1, 0.15) is 31.4 Å². The van der Waals surface area contributed by atoms with Gasteiger partial charge in [-0.2, -0.15) is 0 Å². The third-order valence-corrected chi connectivity index (χ3v) is 2.50. The average Bonchev–Trinajstić information content (AvgIpc) is 2.27. The van der Waals surface area contributed by atoms with E-state index in [1.165, 1.54) is 18.2 Å². The zero-order chi connectivity index (χ0) is 13.8. The Kier molecular flexibility index (Phi) is 4.98. The minimum absolute atomic E-state index is 0.149. The van der Waals surface area contributed by atoms with Crippen LogP contribution in [0.4, 0.5) is 13.2 Å². The van der Waals surface area contributed by atoms with Crippen LogP contribution in [0, 0.1) is 0 Å². The topological polar surface area (TPSA) is 55.5 Å². The Morgan fingerprint density at radius 3 is 2.50 bits per heavy atom. The predicted molar refractivity (Wildman–Crippen MR) is 61.0 cm³/mol. The highest BCUT2D eigenvalue weighted by Crippen LogP contribution is 2.31. The lowest BCUT2D eigenvalue weighted by Gasteiger charge is -2.21. The quantitative estimate of drug-likeness (QED) is 0.858. The number of benzene rings is 1. The largest absolute Gasteiger partial charge is 0.573 e. The summed E-state index contributed by atoms with van der Waals surface area (Å²) in [6, 6.07) is 4.68. The molecule has 0 aromatic heterocycles. The van der Waals surface area contributed by atoms with E-state index >= 15 is 0 Å². The van der Waals surface area contributed by atoms with E-state index in [2.05, 4.69) is 4.74 Å². The molecule has 0 spiro atoms. The molecule has 3 N–H and O–H groups in total. The lowest BCUT2D eigenvalue weighted by Crippen LogP contribution is -2.27. The molecule has 102 valence electrons. The van der Waals surface area contributed by atoms with Crippen LogP contribution in [0.25, 0.3) is 0 Å². The molecule has 0 amide bonds. The number of nitrogens with two attached hydrogens (primary N) is 1. The molecule has 2 atom stereocenters. The summed E-state index contributed by atoms with van der Waals surface area (Å²) in [5.74, 6) is -0.368. The molecule has 0 aliphatic carbocycles. The minimum Gasteiger partial charge on any atom is -0.405 e. The molecule has 1 aromatic rings. The van der Waals surface area contributed by atoms with Gasteiger partial charge in [-0.1, -0.05) is 31.5 Å². The van der Waals surface area contributed by atoms with Crippen molar-refractivity contribution in [3.63, 3.8) is 0 Å².